The topological polar surface area (TPSA) is 132 Å². The number of nitrogens with one attached hydrogen (secondary N) is 2. The molecule has 0 radical (unpaired) electrons. The highest BCUT2D eigenvalue weighted by Gasteiger charge is 2.35. The van der Waals surface area contributed by atoms with Crippen molar-refractivity contribution in [2.45, 2.75) is 52.2 Å². The first-order valence-corrected chi connectivity index (χ1v) is 12.9. The van der Waals surface area contributed by atoms with Gasteiger partial charge in [-0.3, -0.25) is 4.79 Å². The van der Waals surface area contributed by atoms with E-state index in [2.05, 4.69) is 30.7 Å². The van der Waals surface area contributed by atoms with Crippen molar-refractivity contribution in [1.82, 2.24) is 20.1 Å². The van der Waals surface area contributed by atoms with Gasteiger partial charge < -0.3 is 19.9 Å². The number of aryl methyl sites for hydroxylation is 1. The molecule has 37 heavy (non-hydrogen) atoms. The van der Waals surface area contributed by atoms with Gasteiger partial charge in [0.1, 0.15) is 11.4 Å². The van der Waals surface area contributed by atoms with Crippen LogP contribution < -0.4 is 10.6 Å². The van der Waals surface area contributed by atoms with Crippen LogP contribution in [0.3, 0.4) is 0 Å². The zero-order valence-corrected chi connectivity index (χ0v) is 22.2. The van der Waals surface area contributed by atoms with Crippen molar-refractivity contribution in [1.29, 1.82) is 0 Å². The van der Waals surface area contributed by atoms with E-state index in [1.807, 2.05) is 24.3 Å². The molecule has 1 amide bonds. The van der Waals surface area contributed by atoms with Gasteiger partial charge in [0.2, 0.25) is 17.6 Å². The lowest BCUT2D eigenvalue weighted by Gasteiger charge is -2.35. The molecule has 1 aliphatic rings. The number of aromatic nitrogens is 4. The summed E-state index contributed by atoms with van der Waals surface area (Å²) in [5.41, 5.74) is 0.174. The average molecular weight is 541 g/mol. The van der Waals surface area contributed by atoms with Crippen molar-refractivity contribution in [3.05, 3.63) is 46.4 Å². The molecular formula is C25H25ClN6O4S. The lowest BCUT2D eigenvalue weighted by atomic mass is 9.79. The zero-order valence-electron chi connectivity index (χ0n) is 20.7. The summed E-state index contributed by atoms with van der Waals surface area (Å²) in [6.45, 7) is 7.05. The number of ether oxygens (including phenoxy) is 1. The first-order valence-electron chi connectivity index (χ1n) is 11.7. The number of halogens is 1. The third-order valence-electron chi connectivity index (χ3n) is 5.80. The minimum atomic E-state index is -0.658. The van der Waals surface area contributed by atoms with Gasteiger partial charge in [-0.1, -0.05) is 40.2 Å². The van der Waals surface area contributed by atoms with Crippen LogP contribution in [0.5, 0.6) is 0 Å². The number of thiazole rings is 1. The molecule has 0 atom stereocenters. The van der Waals surface area contributed by atoms with Gasteiger partial charge in [-0.15, -0.1) is 0 Å². The van der Waals surface area contributed by atoms with Gasteiger partial charge in [-0.25, -0.2) is 14.8 Å². The molecule has 0 spiro atoms. The van der Waals surface area contributed by atoms with Crippen molar-refractivity contribution in [2.75, 3.05) is 10.6 Å². The van der Waals surface area contributed by atoms with E-state index in [-0.39, 0.29) is 33.0 Å². The third kappa shape index (κ3) is 5.57. The van der Waals surface area contributed by atoms with Crippen molar-refractivity contribution < 1.29 is 18.8 Å². The molecule has 4 aromatic rings. The summed E-state index contributed by atoms with van der Waals surface area (Å²) in [5, 5.41) is 12.5. The quantitative estimate of drug-likeness (QED) is 0.305. The summed E-state index contributed by atoms with van der Waals surface area (Å²) in [5.74, 6) is 0.824. The molecule has 12 heteroatoms. The molecule has 192 valence electrons. The van der Waals surface area contributed by atoms with Crippen molar-refractivity contribution in [3.8, 4) is 11.4 Å². The summed E-state index contributed by atoms with van der Waals surface area (Å²) < 4.78 is 10.4. The maximum atomic E-state index is 12.8. The molecule has 2 N–H and O–H groups in total. The van der Waals surface area contributed by atoms with E-state index >= 15 is 0 Å². The fourth-order valence-electron chi connectivity index (χ4n) is 3.99. The molecular weight excluding hydrogens is 516 g/mol. The Balaban J connectivity index is 1.21. The van der Waals surface area contributed by atoms with Crippen LogP contribution in [0.25, 0.3) is 22.2 Å². The number of hydrogen-bond acceptors (Lipinski definition) is 10. The van der Waals surface area contributed by atoms with Crippen LogP contribution in [0.15, 0.2) is 35.0 Å². The second-order valence-corrected chi connectivity index (χ2v) is 11.2. The smallest absolute Gasteiger partial charge is 0.352 e. The van der Waals surface area contributed by atoms with Crippen LogP contribution in [0.4, 0.5) is 10.9 Å². The highest BCUT2D eigenvalue weighted by molar-refractivity contribution is 7.18. The van der Waals surface area contributed by atoms with Crippen LogP contribution >= 0.6 is 22.9 Å². The standard InChI is InChI=1S/C25H25ClN6O4S/c1-12-28-20(32-36-12)14-6-5-13-7-8-27-21(17(13)11-14)29-16-9-15(10-16)22(33)31-24-30-19(26)18(37-24)23(34)35-25(2,3)4/h5-8,11,15-16H,9-10H2,1-4H3,(H,27,29)(H,30,31,33). The molecule has 3 aromatic heterocycles. The fraction of sp³-hybridized carbons (Fsp3) is 0.360. The Kier molecular flexibility index (Phi) is 6.59. The largest absolute Gasteiger partial charge is 0.456 e. The number of carbonyl (C=O) groups is 2. The molecule has 0 bridgehead atoms. The molecule has 1 aliphatic carbocycles. The van der Waals surface area contributed by atoms with Gasteiger partial charge in [0, 0.05) is 36.0 Å². The van der Waals surface area contributed by atoms with Crippen LogP contribution in [-0.4, -0.2) is 43.6 Å². The second kappa shape index (κ2) is 9.71. The van der Waals surface area contributed by atoms with Crippen LogP contribution in [0.1, 0.15) is 49.2 Å². The Morgan fingerprint density at radius 2 is 1.97 bits per heavy atom. The zero-order chi connectivity index (χ0) is 26.3. The van der Waals surface area contributed by atoms with E-state index in [4.69, 9.17) is 20.9 Å². The first kappa shape index (κ1) is 25.1. The minimum absolute atomic E-state index is 0.0140. The van der Waals surface area contributed by atoms with Gasteiger partial charge in [0.25, 0.3) is 0 Å². The maximum Gasteiger partial charge on any atom is 0.352 e. The number of rotatable bonds is 6. The maximum absolute atomic E-state index is 12.8. The fourth-order valence-corrected chi connectivity index (χ4v) is 5.06. The number of pyridine rings is 1. The van der Waals surface area contributed by atoms with E-state index in [0.29, 0.717) is 24.6 Å². The van der Waals surface area contributed by atoms with Gasteiger partial charge in [0.15, 0.2) is 15.2 Å². The lowest BCUT2D eigenvalue weighted by Crippen LogP contribution is -2.42. The number of hydrogen-bond donors (Lipinski definition) is 2. The molecule has 3 heterocycles. The molecule has 0 saturated heterocycles. The van der Waals surface area contributed by atoms with Crippen LogP contribution in [0.2, 0.25) is 5.15 Å². The summed E-state index contributed by atoms with van der Waals surface area (Å²) >= 11 is 7.11. The number of fused-ring (bicyclic) bond motifs is 1. The molecule has 0 unspecified atom stereocenters. The van der Waals surface area contributed by atoms with E-state index in [9.17, 15) is 9.59 Å². The Morgan fingerprint density at radius 1 is 1.19 bits per heavy atom. The van der Waals surface area contributed by atoms with Crippen LogP contribution in [0, 0.1) is 12.8 Å². The van der Waals surface area contributed by atoms with Gasteiger partial charge >= 0.3 is 5.97 Å². The van der Waals surface area contributed by atoms with Gasteiger partial charge in [-0.05, 0) is 51.1 Å². The predicted octanol–water partition coefficient (Wildman–Crippen LogP) is 5.49. The van der Waals surface area contributed by atoms with E-state index in [0.717, 1.165) is 33.5 Å². The van der Waals surface area contributed by atoms with Crippen molar-refractivity contribution in [2.24, 2.45) is 5.92 Å². The monoisotopic (exact) mass is 540 g/mol. The molecule has 10 nitrogen and oxygen atoms in total. The number of nitrogens with zero attached hydrogens (tertiary/aromatic N) is 4. The molecule has 1 aromatic carbocycles. The van der Waals surface area contributed by atoms with E-state index < -0.39 is 11.6 Å². The Hall–Kier alpha value is -3.57. The first-order chi connectivity index (χ1) is 17.6. The molecule has 1 fully saturated rings. The highest BCUT2D eigenvalue weighted by Crippen LogP contribution is 2.35. The predicted molar refractivity (Wildman–Crippen MR) is 141 cm³/mol. The normalized spacial score (nSPS) is 17.3. The number of carbonyl (C=O) groups excluding carboxylic acids is 2. The summed E-state index contributed by atoms with van der Waals surface area (Å²) in [7, 11) is 0. The Morgan fingerprint density at radius 3 is 2.68 bits per heavy atom. The third-order valence-corrected chi connectivity index (χ3v) is 7.14. The number of benzene rings is 1. The van der Waals surface area contributed by atoms with E-state index in [1.54, 1.807) is 33.9 Å². The van der Waals surface area contributed by atoms with E-state index in [1.165, 1.54) is 0 Å². The number of anilines is 2. The van der Waals surface area contributed by atoms with Gasteiger partial charge in [0.05, 0.1) is 0 Å². The number of amides is 1. The van der Waals surface area contributed by atoms with Gasteiger partial charge in [-0.2, -0.15) is 4.98 Å². The highest BCUT2D eigenvalue weighted by atomic mass is 35.5. The molecule has 5 rings (SSSR count). The SMILES string of the molecule is Cc1nc(-c2ccc3ccnc(NC4CC(C(=O)Nc5nc(Cl)c(C(=O)OC(C)(C)C)s5)C4)c3c2)no1. The average Bonchev–Trinajstić information content (AvgIpc) is 3.39. The molecule has 1 saturated carbocycles. The summed E-state index contributed by atoms with van der Waals surface area (Å²) in [6.07, 6.45) is 3.01. The summed E-state index contributed by atoms with van der Waals surface area (Å²) in [4.78, 5) is 38.2. The molecule has 0 aliphatic heterocycles. The minimum Gasteiger partial charge on any atom is -0.456 e. The Bertz CT molecular complexity index is 1490. The van der Waals surface area contributed by atoms with Crippen molar-refractivity contribution in [3.63, 3.8) is 0 Å². The van der Waals surface area contributed by atoms with Crippen molar-refractivity contribution >= 4 is 56.5 Å². The number of esters is 1. The Labute approximate surface area is 221 Å². The summed E-state index contributed by atoms with van der Waals surface area (Å²) in [6, 6.07) is 7.94. The lowest BCUT2D eigenvalue weighted by molar-refractivity contribution is -0.122. The second-order valence-electron chi connectivity index (χ2n) is 9.87. The van der Waals surface area contributed by atoms with Crippen LogP contribution in [-0.2, 0) is 9.53 Å².